The van der Waals surface area contributed by atoms with Crippen molar-refractivity contribution in [1.29, 1.82) is 0 Å². The molecule has 5 heteroatoms. The number of nitrogens with zero attached hydrogens (tertiary/aromatic N) is 1. The van der Waals surface area contributed by atoms with E-state index in [1.807, 2.05) is 20.3 Å². The van der Waals surface area contributed by atoms with Crippen molar-refractivity contribution in [2.24, 2.45) is 0 Å². The van der Waals surface area contributed by atoms with Gasteiger partial charge in [-0.15, -0.1) is 0 Å². The van der Waals surface area contributed by atoms with E-state index in [-0.39, 0.29) is 31.5 Å². The molecule has 0 saturated heterocycles. The van der Waals surface area contributed by atoms with Gasteiger partial charge in [-0.25, -0.2) is 0 Å². The third-order valence-electron chi connectivity index (χ3n) is 6.37. The number of benzene rings is 2. The Hall–Kier alpha value is -2.41. The summed E-state index contributed by atoms with van der Waals surface area (Å²) in [6, 6.07) is 21.3. The number of rotatable bonds is 2. The Balaban J connectivity index is 1.54. The average molecular weight is 596 g/mol. The van der Waals surface area contributed by atoms with E-state index in [9.17, 15) is 9.59 Å². The molecule has 156 valence electrons. The number of allylic oxidation sites excluding steroid dienone is 1. The van der Waals surface area contributed by atoms with Crippen molar-refractivity contribution in [3.8, 4) is 0 Å². The molecule has 2 aromatic carbocycles. The van der Waals surface area contributed by atoms with Gasteiger partial charge in [0.05, 0.1) is 0 Å². The number of hydrogen-bond donors (Lipinski definition) is 0. The van der Waals surface area contributed by atoms with Crippen LogP contribution < -0.4 is 4.90 Å². The molecule has 0 saturated carbocycles. The summed E-state index contributed by atoms with van der Waals surface area (Å²) in [7, 11) is 0. The summed E-state index contributed by atoms with van der Waals surface area (Å²) in [5, 5.41) is 0. The van der Waals surface area contributed by atoms with Gasteiger partial charge in [0.1, 0.15) is 0 Å². The number of Topliss-reactive ketones (excluding diaryl/α,β-unsaturated/α-hetero) is 2. The molecule has 0 unspecified atom stereocenters. The average Bonchev–Trinajstić information content (AvgIpc) is 3.50. The molecule has 32 heavy (non-hydrogen) atoms. The molecule has 4 aromatic rings. The van der Waals surface area contributed by atoms with Crippen LogP contribution in [0.1, 0.15) is 50.1 Å². The van der Waals surface area contributed by atoms with Crippen LogP contribution in [0.3, 0.4) is 0 Å². The topological polar surface area (TPSA) is 37.4 Å². The van der Waals surface area contributed by atoms with Crippen molar-refractivity contribution < 1.29 is 9.59 Å². The number of para-hydroxylation sites is 2. The van der Waals surface area contributed by atoms with E-state index in [0.29, 0.717) is 16.7 Å². The van der Waals surface area contributed by atoms with Crippen LogP contribution in [-0.4, -0.2) is 46.5 Å². The standard InChI is InChI=1S/C27H19NO2SeTe/c1-27(2)21-10-6-7-11-23(21)28(16-8-4-3-5-9-16)26-22(27)13-17(31-26)12-18-24(29)19-14-32-15-20(19)25(18)30/h3-15H,1-2H3. The first-order chi connectivity index (χ1) is 15.5. The third kappa shape index (κ3) is 2.86. The van der Waals surface area contributed by atoms with Gasteiger partial charge in [0, 0.05) is 0 Å². The zero-order valence-electron chi connectivity index (χ0n) is 17.6. The van der Waals surface area contributed by atoms with Gasteiger partial charge >= 0.3 is 203 Å². The Bertz CT molecular complexity index is 1410. The Morgan fingerprint density at radius 2 is 1.53 bits per heavy atom. The second kappa shape index (κ2) is 7.30. The van der Waals surface area contributed by atoms with Gasteiger partial charge in [-0.3, -0.25) is 0 Å². The van der Waals surface area contributed by atoms with Crippen molar-refractivity contribution >= 4 is 68.5 Å². The Morgan fingerprint density at radius 1 is 0.875 bits per heavy atom. The molecule has 6 rings (SSSR count). The fourth-order valence-corrected chi connectivity index (χ4v) is 9.71. The first-order valence-corrected chi connectivity index (χ1v) is 14.8. The Labute approximate surface area is 202 Å². The van der Waals surface area contributed by atoms with Gasteiger partial charge < -0.3 is 0 Å². The van der Waals surface area contributed by atoms with Gasteiger partial charge in [-0.05, 0) is 0 Å². The molecule has 3 nitrogen and oxygen atoms in total. The molecule has 0 N–H and O–H groups in total. The number of fused-ring (bicyclic) bond motifs is 3. The summed E-state index contributed by atoms with van der Waals surface area (Å²) >= 11 is -0.477. The van der Waals surface area contributed by atoms with Gasteiger partial charge in [0.25, 0.3) is 0 Å². The molecule has 0 bridgehead atoms. The van der Waals surface area contributed by atoms with E-state index in [0.717, 1.165) is 10.1 Å². The van der Waals surface area contributed by atoms with E-state index in [1.165, 1.54) is 21.4 Å². The molecule has 2 aromatic heterocycles. The summed E-state index contributed by atoms with van der Waals surface area (Å²) in [6.07, 6.45) is 1.87. The molecule has 0 atom stereocenters. The van der Waals surface area contributed by atoms with E-state index in [2.05, 4.69) is 73.3 Å². The van der Waals surface area contributed by atoms with Crippen LogP contribution in [0.25, 0.3) is 6.08 Å². The van der Waals surface area contributed by atoms with Crippen LogP contribution in [0.4, 0.5) is 15.9 Å². The molecule has 1 aliphatic carbocycles. The minimum absolute atomic E-state index is 0.0157. The third-order valence-corrected chi connectivity index (χ3v) is 10.7. The van der Waals surface area contributed by atoms with Crippen molar-refractivity contribution in [2.45, 2.75) is 19.3 Å². The summed E-state index contributed by atoms with van der Waals surface area (Å²) in [4.78, 5) is 28.1. The Kier molecular flexibility index (Phi) is 4.61. The zero-order chi connectivity index (χ0) is 22.0. The molecule has 0 fully saturated rings. The van der Waals surface area contributed by atoms with E-state index >= 15 is 0 Å². The fourth-order valence-electron chi connectivity index (χ4n) is 4.69. The molecule has 3 heterocycles. The number of ketones is 2. The van der Waals surface area contributed by atoms with Crippen LogP contribution in [0.15, 0.2) is 74.4 Å². The first kappa shape index (κ1) is 20.2. The molecule has 0 radical (unpaired) electrons. The van der Waals surface area contributed by atoms with Crippen LogP contribution in [0.2, 0.25) is 0 Å². The SMILES string of the molecule is CC1(C)c2ccccc2N(c2ccccc2)c2[se]c(C=C3C(=O)c4c[te]cc4C3=O)cc21. The van der Waals surface area contributed by atoms with Gasteiger partial charge in [-0.2, -0.15) is 0 Å². The van der Waals surface area contributed by atoms with E-state index in [1.54, 1.807) is 0 Å². The summed E-state index contributed by atoms with van der Waals surface area (Å²) in [6.45, 7) is 4.53. The predicted octanol–water partition coefficient (Wildman–Crippen LogP) is 5.37. The second-order valence-electron chi connectivity index (χ2n) is 8.60. The van der Waals surface area contributed by atoms with Crippen LogP contribution in [-0.2, 0) is 5.41 Å². The number of anilines is 3. The van der Waals surface area contributed by atoms with Crippen molar-refractivity contribution in [1.82, 2.24) is 0 Å². The minimum atomic E-state index is -0.461. The number of hydrogen-bond acceptors (Lipinski definition) is 3. The maximum atomic E-state index is 12.9. The number of carbonyl (C=O) groups is 2. The van der Waals surface area contributed by atoms with Crippen LogP contribution >= 0.6 is 0 Å². The summed E-state index contributed by atoms with van der Waals surface area (Å²) in [5.41, 5.74) is 6.36. The van der Waals surface area contributed by atoms with Gasteiger partial charge in [0.15, 0.2) is 0 Å². The molecular weight excluding hydrogens is 577 g/mol. The molecule has 0 amide bonds. The van der Waals surface area contributed by atoms with E-state index < -0.39 is 20.4 Å². The fraction of sp³-hybridized carbons (Fsp3) is 0.111. The zero-order valence-corrected chi connectivity index (χ0v) is 21.6. The van der Waals surface area contributed by atoms with Crippen molar-refractivity contribution in [3.63, 3.8) is 0 Å². The predicted molar refractivity (Wildman–Crippen MR) is 130 cm³/mol. The quantitative estimate of drug-likeness (QED) is 0.178. The molecule has 2 aliphatic rings. The summed E-state index contributed by atoms with van der Waals surface area (Å²) < 4.78 is 6.35. The normalized spacial score (nSPS) is 16.1. The molecule has 1 aliphatic heterocycles. The maximum absolute atomic E-state index is 12.9. The van der Waals surface area contributed by atoms with Gasteiger partial charge in [-0.1, -0.05) is 0 Å². The van der Waals surface area contributed by atoms with E-state index in [4.69, 9.17) is 0 Å². The number of carbonyl (C=O) groups excluding carboxylic acids is 2. The van der Waals surface area contributed by atoms with Gasteiger partial charge in [0.2, 0.25) is 0 Å². The molecular formula is C27H19NO2SeTe. The van der Waals surface area contributed by atoms with Crippen molar-refractivity contribution in [2.75, 3.05) is 4.90 Å². The molecule has 0 spiro atoms. The second-order valence-corrected chi connectivity index (χ2v) is 12.9. The first-order valence-electron chi connectivity index (χ1n) is 10.4. The van der Waals surface area contributed by atoms with Crippen molar-refractivity contribution in [3.05, 3.63) is 101 Å². The van der Waals surface area contributed by atoms with Crippen LogP contribution in [0.5, 0.6) is 0 Å². The summed E-state index contributed by atoms with van der Waals surface area (Å²) in [5.74, 6) is -0.180. The monoisotopic (exact) mass is 599 g/mol. The van der Waals surface area contributed by atoms with Crippen LogP contribution in [0, 0.1) is 0 Å². The Morgan fingerprint density at radius 3 is 2.25 bits per heavy atom.